The van der Waals surface area contributed by atoms with E-state index in [9.17, 15) is 9.90 Å². The third-order valence-corrected chi connectivity index (χ3v) is 3.70. The normalized spacial score (nSPS) is 20.2. The lowest BCUT2D eigenvalue weighted by Gasteiger charge is -2.30. The second-order valence-corrected chi connectivity index (χ2v) is 6.29. The van der Waals surface area contributed by atoms with E-state index in [-0.39, 0.29) is 5.91 Å². The fourth-order valence-electron chi connectivity index (χ4n) is 2.46. The first-order chi connectivity index (χ1) is 10.5. The number of benzene rings is 1. The first-order valence-corrected chi connectivity index (χ1v) is 7.76. The smallest absolute Gasteiger partial charge is 0.264 e. The van der Waals surface area contributed by atoms with Gasteiger partial charge in [0.25, 0.3) is 5.91 Å². The molecule has 0 aliphatic carbocycles. The van der Waals surface area contributed by atoms with E-state index >= 15 is 0 Å². The third-order valence-electron chi connectivity index (χ3n) is 3.70. The third kappa shape index (κ3) is 5.00. The van der Waals surface area contributed by atoms with Gasteiger partial charge in [-0.1, -0.05) is 18.2 Å². The van der Waals surface area contributed by atoms with Gasteiger partial charge in [-0.2, -0.15) is 0 Å². The number of carbonyl (C=O) groups is 1. The Morgan fingerprint density at radius 3 is 2.77 bits per heavy atom. The summed E-state index contributed by atoms with van der Waals surface area (Å²) in [6, 6.07) is 9.05. The topological polar surface area (TPSA) is 67.8 Å². The molecule has 0 aromatic heterocycles. The molecular weight excluding hydrogens is 282 g/mol. The molecule has 0 saturated carbocycles. The molecule has 2 atom stereocenters. The maximum atomic E-state index is 12.4. The summed E-state index contributed by atoms with van der Waals surface area (Å²) in [5.41, 5.74) is -1.27. The lowest BCUT2D eigenvalue weighted by atomic mass is 9.99. The van der Waals surface area contributed by atoms with Gasteiger partial charge in [0.2, 0.25) is 6.10 Å². The summed E-state index contributed by atoms with van der Waals surface area (Å²) in [6.07, 6.45) is 1.11. The summed E-state index contributed by atoms with van der Waals surface area (Å²) in [5, 5.41) is 13.1. The highest BCUT2D eigenvalue weighted by Crippen LogP contribution is 2.19. The molecule has 2 rings (SSSR count). The molecule has 1 amide bonds. The molecule has 1 aliphatic rings. The van der Waals surface area contributed by atoms with Gasteiger partial charge in [0.1, 0.15) is 11.4 Å². The molecule has 5 nitrogen and oxygen atoms in total. The van der Waals surface area contributed by atoms with Gasteiger partial charge in [0.15, 0.2) is 0 Å². The Bertz CT molecular complexity index is 463. The van der Waals surface area contributed by atoms with E-state index in [1.54, 1.807) is 26.0 Å². The van der Waals surface area contributed by atoms with E-state index in [2.05, 4.69) is 5.32 Å². The molecule has 0 spiro atoms. The first kappa shape index (κ1) is 16.8. The highest BCUT2D eigenvalue weighted by atomic mass is 16.5. The summed E-state index contributed by atoms with van der Waals surface area (Å²) >= 11 is 0. The molecule has 1 saturated heterocycles. The van der Waals surface area contributed by atoms with Crippen LogP contribution in [0, 0.1) is 5.92 Å². The number of carbonyl (C=O) groups excluding carboxylic acids is 1. The van der Waals surface area contributed by atoms with Crippen LogP contribution < -0.4 is 10.1 Å². The second-order valence-electron chi connectivity index (χ2n) is 6.29. The molecule has 1 aromatic carbocycles. The Morgan fingerprint density at radius 2 is 2.18 bits per heavy atom. The highest BCUT2D eigenvalue weighted by molar-refractivity contribution is 5.82. The fourth-order valence-corrected chi connectivity index (χ4v) is 2.46. The number of ether oxygens (including phenoxy) is 2. The summed E-state index contributed by atoms with van der Waals surface area (Å²) in [6.45, 7) is 5.16. The van der Waals surface area contributed by atoms with Crippen LogP contribution in [0.25, 0.3) is 0 Å². The van der Waals surface area contributed by atoms with Crippen molar-refractivity contribution in [3.63, 3.8) is 0 Å². The fraction of sp³-hybridized carbons (Fsp3) is 0.588. The largest absolute Gasteiger partial charge is 0.478 e. The van der Waals surface area contributed by atoms with E-state index in [0.29, 0.717) is 24.8 Å². The maximum Gasteiger partial charge on any atom is 0.264 e. The van der Waals surface area contributed by atoms with Crippen molar-refractivity contribution in [2.24, 2.45) is 5.92 Å². The van der Waals surface area contributed by atoms with Crippen molar-refractivity contribution in [1.82, 2.24) is 5.32 Å². The number of rotatable bonds is 6. The summed E-state index contributed by atoms with van der Waals surface area (Å²) < 4.78 is 11.1. The van der Waals surface area contributed by atoms with Gasteiger partial charge in [-0.05, 0) is 44.7 Å². The lowest BCUT2D eigenvalue weighted by Crippen LogP contribution is -2.52. The van der Waals surface area contributed by atoms with E-state index in [4.69, 9.17) is 9.47 Å². The molecule has 0 unspecified atom stereocenters. The van der Waals surface area contributed by atoms with Crippen LogP contribution in [0.3, 0.4) is 0 Å². The number of amides is 1. The number of hydrogen-bond acceptors (Lipinski definition) is 4. The number of para-hydroxylation sites is 1. The van der Waals surface area contributed by atoms with E-state index < -0.39 is 11.7 Å². The predicted molar refractivity (Wildman–Crippen MR) is 83.7 cm³/mol. The van der Waals surface area contributed by atoms with Crippen LogP contribution in [0.2, 0.25) is 0 Å². The molecule has 5 heteroatoms. The Morgan fingerprint density at radius 1 is 1.45 bits per heavy atom. The van der Waals surface area contributed by atoms with Gasteiger partial charge in [0, 0.05) is 13.2 Å². The van der Waals surface area contributed by atoms with Crippen molar-refractivity contribution in [3.05, 3.63) is 30.3 Å². The summed E-state index contributed by atoms with van der Waals surface area (Å²) in [7, 11) is 0. The molecule has 0 bridgehead atoms. The SMILES string of the molecule is CC(C)(O)[C@@H](Oc1ccccc1)C(=O)NC[C@@H]1CCCOC1. The molecule has 1 heterocycles. The van der Waals surface area contributed by atoms with Crippen molar-refractivity contribution in [1.29, 1.82) is 0 Å². The maximum absolute atomic E-state index is 12.4. The molecule has 122 valence electrons. The van der Waals surface area contributed by atoms with Gasteiger partial charge < -0.3 is 19.9 Å². The number of hydrogen-bond donors (Lipinski definition) is 2. The zero-order valence-corrected chi connectivity index (χ0v) is 13.2. The van der Waals surface area contributed by atoms with Crippen LogP contribution in [-0.2, 0) is 9.53 Å². The Hall–Kier alpha value is -1.59. The first-order valence-electron chi connectivity index (χ1n) is 7.76. The number of aliphatic hydroxyl groups is 1. The van der Waals surface area contributed by atoms with Crippen LogP contribution >= 0.6 is 0 Å². The van der Waals surface area contributed by atoms with Gasteiger partial charge in [0.05, 0.1) is 6.61 Å². The van der Waals surface area contributed by atoms with E-state index in [0.717, 1.165) is 19.4 Å². The molecule has 1 fully saturated rings. The van der Waals surface area contributed by atoms with Crippen molar-refractivity contribution < 1.29 is 19.4 Å². The molecule has 1 aliphatic heterocycles. The van der Waals surface area contributed by atoms with Crippen LogP contribution in [0.15, 0.2) is 30.3 Å². The minimum atomic E-state index is -1.27. The van der Waals surface area contributed by atoms with E-state index in [1.807, 2.05) is 18.2 Å². The minimum absolute atomic E-state index is 0.304. The Labute approximate surface area is 131 Å². The Balaban J connectivity index is 1.94. The average molecular weight is 307 g/mol. The van der Waals surface area contributed by atoms with Crippen molar-refractivity contribution in [2.45, 2.75) is 38.4 Å². The van der Waals surface area contributed by atoms with Gasteiger partial charge in [-0.15, -0.1) is 0 Å². The highest BCUT2D eigenvalue weighted by Gasteiger charge is 2.35. The molecule has 0 radical (unpaired) electrons. The molecule has 1 aromatic rings. The van der Waals surface area contributed by atoms with Gasteiger partial charge in [-0.3, -0.25) is 4.79 Å². The van der Waals surface area contributed by atoms with Crippen LogP contribution in [-0.4, -0.2) is 42.5 Å². The molecular formula is C17H25NO4. The standard InChI is InChI=1S/C17H25NO4/c1-17(2,20)15(22-14-8-4-3-5-9-14)16(19)18-11-13-7-6-10-21-12-13/h3-5,8-9,13,15,20H,6-7,10-12H2,1-2H3,(H,18,19)/t13-,15-/m0/s1. The van der Waals surface area contributed by atoms with Gasteiger partial charge in [-0.25, -0.2) is 0 Å². The molecule has 2 N–H and O–H groups in total. The second kappa shape index (κ2) is 7.61. The van der Waals surface area contributed by atoms with Crippen molar-refractivity contribution in [3.8, 4) is 5.75 Å². The molecule has 22 heavy (non-hydrogen) atoms. The van der Waals surface area contributed by atoms with Crippen molar-refractivity contribution >= 4 is 5.91 Å². The summed E-state index contributed by atoms with van der Waals surface area (Å²) in [5.74, 6) is 0.588. The predicted octanol–water partition coefficient (Wildman–Crippen LogP) is 1.75. The lowest BCUT2D eigenvalue weighted by molar-refractivity contribution is -0.139. The number of nitrogens with one attached hydrogen (secondary N) is 1. The van der Waals surface area contributed by atoms with E-state index in [1.165, 1.54) is 0 Å². The van der Waals surface area contributed by atoms with Gasteiger partial charge >= 0.3 is 0 Å². The Kier molecular flexibility index (Phi) is 5.80. The summed E-state index contributed by atoms with van der Waals surface area (Å²) in [4.78, 5) is 12.4. The van der Waals surface area contributed by atoms with Crippen LogP contribution in [0.5, 0.6) is 5.75 Å². The quantitative estimate of drug-likeness (QED) is 0.840. The zero-order valence-electron chi connectivity index (χ0n) is 13.2. The van der Waals surface area contributed by atoms with Crippen LogP contribution in [0.1, 0.15) is 26.7 Å². The average Bonchev–Trinajstić information content (AvgIpc) is 2.51. The monoisotopic (exact) mass is 307 g/mol. The van der Waals surface area contributed by atoms with Crippen molar-refractivity contribution in [2.75, 3.05) is 19.8 Å². The van der Waals surface area contributed by atoms with Crippen LogP contribution in [0.4, 0.5) is 0 Å². The minimum Gasteiger partial charge on any atom is -0.478 e. The zero-order chi connectivity index (χ0) is 16.0.